The summed E-state index contributed by atoms with van der Waals surface area (Å²) >= 11 is 1.52. The summed E-state index contributed by atoms with van der Waals surface area (Å²) in [6.45, 7) is 17.0. The molecule has 0 heterocycles. The lowest BCUT2D eigenvalue weighted by molar-refractivity contribution is 0.402. The Morgan fingerprint density at radius 1 is 0.221 bits per heavy atom. The van der Waals surface area contributed by atoms with E-state index in [9.17, 15) is 0 Å². The fourth-order valence-corrected chi connectivity index (χ4v) is 18.7. The van der Waals surface area contributed by atoms with E-state index in [1.165, 1.54) is 384 Å². The standard InChI is InChI=1S/C90H159O3PS/c1-10-19-28-37-46-55-64-79-73-76-88(85(70-61-52-43-34-25-16-7)82(79)67-58-49-40-31-22-13-4)92-94(91,93-89-77-74-80(65-56-47-38-29-20-11-2)83(68-59-50-41-32-23-14-5)86(89)71-62-53-44-35-26-17-8)95-90-78-75-81(66-57-48-39-30-21-12-3)84(69-60-51-42-33-24-15-6)87(90)72-63-54-45-36-27-18-9/h73-78H,10-72H2,1-9H3. The maximum atomic E-state index is 17.6. The number of unbranched alkanes of at least 4 members (excludes halogenated alkanes) is 45. The Morgan fingerprint density at radius 3 is 0.663 bits per heavy atom. The summed E-state index contributed by atoms with van der Waals surface area (Å²) in [4.78, 5) is 1.16. The average Bonchev–Trinajstić information content (AvgIpc) is 0.787. The van der Waals surface area contributed by atoms with Crippen molar-refractivity contribution in [1.29, 1.82) is 0 Å². The third-order valence-corrected chi connectivity index (χ3v) is 24.5. The Bertz CT molecular complexity index is 2050. The normalized spacial score (nSPS) is 11.8. The van der Waals surface area contributed by atoms with Crippen LogP contribution in [0, 0.1) is 0 Å². The zero-order valence-electron chi connectivity index (χ0n) is 65.1. The number of hydrogen-bond donors (Lipinski definition) is 0. The van der Waals surface area contributed by atoms with Crippen LogP contribution >= 0.6 is 18.2 Å². The van der Waals surface area contributed by atoms with Crippen molar-refractivity contribution in [1.82, 2.24) is 0 Å². The fourth-order valence-electron chi connectivity index (χ4n) is 15.1. The van der Waals surface area contributed by atoms with Gasteiger partial charge in [-0.3, -0.25) is 0 Å². The monoisotopic (exact) mass is 1350 g/mol. The number of benzene rings is 3. The zero-order valence-corrected chi connectivity index (χ0v) is 66.8. The van der Waals surface area contributed by atoms with Gasteiger partial charge in [0.1, 0.15) is 11.5 Å². The van der Waals surface area contributed by atoms with Gasteiger partial charge in [0.05, 0.1) is 0 Å². The maximum absolute atomic E-state index is 17.6. The van der Waals surface area contributed by atoms with Gasteiger partial charge in [-0.1, -0.05) is 369 Å². The molecule has 0 amide bonds. The molecule has 0 radical (unpaired) electrons. The van der Waals surface area contributed by atoms with E-state index >= 15 is 4.57 Å². The van der Waals surface area contributed by atoms with Crippen LogP contribution in [-0.2, 0) is 62.4 Å². The van der Waals surface area contributed by atoms with Gasteiger partial charge in [0.15, 0.2) is 0 Å². The van der Waals surface area contributed by atoms with E-state index in [0.29, 0.717) is 0 Å². The Kier molecular flexibility index (Phi) is 55.5. The molecule has 0 atom stereocenters. The highest BCUT2D eigenvalue weighted by atomic mass is 32.7. The molecule has 0 aliphatic carbocycles. The molecular weight excluding hydrogens is 1190 g/mol. The van der Waals surface area contributed by atoms with Crippen LogP contribution < -0.4 is 9.05 Å². The molecule has 0 aromatic heterocycles. The summed E-state index contributed by atoms with van der Waals surface area (Å²) in [5.74, 6) is 1.69. The second-order valence-electron chi connectivity index (χ2n) is 29.9. The van der Waals surface area contributed by atoms with E-state index in [1.54, 1.807) is 11.1 Å². The van der Waals surface area contributed by atoms with Crippen LogP contribution in [-0.4, -0.2) is 0 Å². The average molecular weight is 1350 g/mol. The van der Waals surface area contributed by atoms with E-state index in [-0.39, 0.29) is 0 Å². The summed E-state index contributed by atoms with van der Waals surface area (Å²) in [6, 6.07) is 14.4. The highest BCUT2D eigenvalue weighted by Gasteiger charge is 2.36. The Balaban J connectivity index is 2.50. The molecule has 0 aliphatic heterocycles. The van der Waals surface area contributed by atoms with E-state index in [0.717, 1.165) is 87.0 Å². The van der Waals surface area contributed by atoms with Crippen LogP contribution in [0.2, 0.25) is 0 Å². The number of rotatable bonds is 69. The molecule has 3 nitrogen and oxygen atoms in total. The van der Waals surface area contributed by atoms with Crippen molar-refractivity contribution in [3.05, 3.63) is 86.5 Å². The quantitative estimate of drug-likeness (QED) is 0.0417. The first-order chi connectivity index (χ1) is 46.8. The molecule has 0 bridgehead atoms. The molecule has 0 aliphatic rings. The van der Waals surface area contributed by atoms with Crippen LogP contribution in [0.25, 0.3) is 0 Å². The third kappa shape index (κ3) is 40.2. The van der Waals surface area contributed by atoms with Gasteiger partial charge in [-0.25, -0.2) is 4.57 Å². The zero-order chi connectivity index (χ0) is 68.3. The summed E-state index contributed by atoms with van der Waals surface area (Å²) in [6.07, 6.45) is 79.0. The van der Waals surface area contributed by atoms with Crippen molar-refractivity contribution in [2.24, 2.45) is 0 Å². The summed E-state index contributed by atoms with van der Waals surface area (Å²) in [5.41, 5.74) is 13.4. The van der Waals surface area contributed by atoms with Gasteiger partial charge >= 0.3 is 6.80 Å². The van der Waals surface area contributed by atoms with E-state index < -0.39 is 6.80 Å². The molecular formula is C90H159O3PS. The minimum Gasteiger partial charge on any atom is -0.408 e. The molecule has 3 aromatic carbocycles. The Labute approximate surface area is 597 Å². The predicted molar refractivity (Wildman–Crippen MR) is 428 cm³/mol. The van der Waals surface area contributed by atoms with Crippen LogP contribution in [0.5, 0.6) is 11.5 Å². The molecule has 0 N–H and O–H groups in total. The Hall–Kier alpha value is -2.16. The van der Waals surface area contributed by atoms with Crippen molar-refractivity contribution in [3.8, 4) is 11.5 Å². The van der Waals surface area contributed by atoms with Gasteiger partial charge in [0.25, 0.3) is 0 Å². The topological polar surface area (TPSA) is 35.5 Å². The van der Waals surface area contributed by atoms with E-state index in [1.807, 2.05) is 0 Å². The maximum Gasteiger partial charge on any atom is 0.497 e. The minimum atomic E-state index is -4.06. The molecule has 0 saturated heterocycles. The van der Waals surface area contributed by atoms with Gasteiger partial charge in [-0.05, 0) is 184 Å². The van der Waals surface area contributed by atoms with E-state index in [2.05, 4.69) is 98.7 Å². The first-order valence-corrected chi connectivity index (χ1v) is 45.8. The summed E-state index contributed by atoms with van der Waals surface area (Å²) in [5, 5.41) is 0. The van der Waals surface area contributed by atoms with Crippen molar-refractivity contribution >= 4 is 18.2 Å². The summed E-state index contributed by atoms with van der Waals surface area (Å²) < 4.78 is 33.1. The lowest BCUT2D eigenvalue weighted by atomic mass is 9.89. The Morgan fingerprint density at radius 2 is 0.411 bits per heavy atom. The molecule has 3 aromatic rings. The molecule has 3 rings (SSSR count). The van der Waals surface area contributed by atoms with Crippen molar-refractivity contribution in [2.45, 2.75) is 472 Å². The lowest BCUT2D eigenvalue weighted by Crippen LogP contribution is -2.10. The number of aryl methyl sites for hydroxylation is 3. The van der Waals surface area contributed by atoms with E-state index in [4.69, 9.17) is 9.05 Å². The van der Waals surface area contributed by atoms with Crippen LogP contribution in [0.1, 0.15) is 459 Å². The van der Waals surface area contributed by atoms with Crippen molar-refractivity contribution in [3.63, 3.8) is 0 Å². The molecule has 548 valence electrons. The highest BCUT2D eigenvalue weighted by Crippen LogP contribution is 2.65. The smallest absolute Gasteiger partial charge is 0.408 e. The fraction of sp³-hybridized carbons (Fsp3) is 0.800. The molecule has 0 saturated carbocycles. The highest BCUT2D eigenvalue weighted by molar-refractivity contribution is 8.55. The molecule has 5 heteroatoms. The largest absolute Gasteiger partial charge is 0.497 e. The predicted octanol–water partition coefficient (Wildman–Crippen LogP) is 32.2. The van der Waals surface area contributed by atoms with Crippen molar-refractivity contribution < 1.29 is 13.6 Å². The first kappa shape index (κ1) is 87.1. The third-order valence-electron chi connectivity index (χ3n) is 21.2. The van der Waals surface area contributed by atoms with Gasteiger partial charge in [0.2, 0.25) is 0 Å². The van der Waals surface area contributed by atoms with Crippen LogP contribution in [0.3, 0.4) is 0 Å². The van der Waals surface area contributed by atoms with Crippen LogP contribution in [0.4, 0.5) is 0 Å². The van der Waals surface area contributed by atoms with Gasteiger partial charge in [0, 0.05) is 16.3 Å². The van der Waals surface area contributed by atoms with Crippen LogP contribution in [0.15, 0.2) is 41.3 Å². The van der Waals surface area contributed by atoms with Gasteiger partial charge < -0.3 is 9.05 Å². The second kappa shape index (κ2) is 60.6. The van der Waals surface area contributed by atoms with Crippen molar-refractivity contribution in [2.75, 3.05) is 0 Å². The first-order valence-electron chi connectivity index (χ1n) is 42.9. The molecule has 95 heavy (non-hydrogen) atoms. The number of hydrogen-bond acceptors (Lipinski definition) is 4. The second-order valence-corrected chi connectivity index (χ2v) is 33.7. The minimum absolute atomic E-state index is 0.844. The molecule has 0 spiro atoms. The molecule has 0 fully saturated rings. The molecule has 0 unspecified atom stereocenters. The lowest BCUT2D eigenvalue weighted by Gasteiger charge is -2.27. The summed E-state index contributed by atoms with van der Waals surface area (Å²) in [7, 11) is 0. The SMILES string of the molecule is CCCCCCCCc1ccc(OP(=O)(Oc2ccc(CCCCCCCC)c(CCCCCCCC)c2CCCCCCCC)Sc2ccc(CCCCCCCC)c(CCCCCCCC)c2CCCCCCCC)c(CCCCCCCC)c1CCCCCCCC. The van der Waals surface area contributed by atoms with Gasteiger partial charge in [-0.2, -0.15) is 0 Å². The van der Waals surface area contributed by atoms with Gasteiger partial charge in [-0.15, -0.1) is 0 Å².